The fourth-order valence-corrected chi connectivity index (χ4v) is 2.58. The van der Waals surface area contributed by atoms with E-state index in [4.69, 9.17) is 5.26 Å². The minimum absolute atomic E-state index is 0.675. The molecule has 0 aliphatic heterocycles. The van der Waals surface area contributed by atoms with Crippen LogP contribution in [0.2, 0.25) is 0 Å². The van der Waals surface area contributed by atoms with Crippen molar-refractivity contribution in [3.05, 3.63) is 35.4 Å². The van der Waals surface area contributed by atoms with Crippen molar-refractivity contribution in [2.24, 2.45) is 5.92 Å². The molecule has 2 atom stereocenters. The number of nitriles is 1. The van der Waals surface area contributed by atoms with E-state index in [9.17, 15) is 0 Å². The van der Waals surface area contributed by atoms with Crippen LogP contribution in [0, 0.1) is 17.2 Å². The number of nitrogens with zero attached hydrogens (tertiary/aromatic N) is 1. The largest absolute Gasteiger partial charge is 0.310 e. The highest BCUT2D eigenvalue weighted by molar-refractivity contribution is 5.31. The molecule has 0 saturated heterocycles. The second-order valence-corrected chi connectivity index (χ2v) is 5.16. The predicted molar refractivity (Wildman–Crippen MR) is 69.4 cm³/mol. The highest BCUT2D eigenvalue weighted by Crippen LogP contribution is 2.23. The number of hydrogen-bond donors (Lipinski definition) is 1. The fraction of sp³-hybridized carbons (Fsp3) is 0.533. The summed E-state index contributed by atoms with van der Waals surface area (Å²) >= 11 is 0. The van der Waals surface area contributed by atoms with Crippen molar-refractivity contribution < 1.29 is 0 Å². The van der Waals surface area contributed by atoms with Gasteiger partial charge in [-0.15, -0.1) is 0 Å². The van der Waals surface area contributed by atoms with E-state index >= 15 is 0 Å². The molecule has 1 fully saturated rings. The molecule has 1 aromatic rings. The molecule has 1 aliphatic rings. The molecule has 1 saturated carbocycles. The molecule has 0 spiro atoms. The summed E-state index contributed by atoms with van der Waals surface area (Å²) in [6.07, 6.45) is 5.35. The van der Waals surface area contributed by atoms with Crippen LogP contribution in [-0.4, -0.2) is 6.04 Å². The van der Waals surface area contributed by atoms with Crippen LogP contribution in [-0.2, 0) is 6.54 Å². The lowest BCUT2D eigenvalue weighted by Gasteiger charge is -2.27. The molecule has 1 N–H and O–H groups in total. The Labute approximate surface area is 104 Å². The van der Waals surface area contributed by atoms with E-state index in [0.29, 0.717) is 6.04 Å². The van der Waals surface area contributed by atoms with Crippen LogP contribution in [0.15, 0.2) is 24.3 Å². The van der Waals surface area contributed by atoms with Crippen molar-refractivity contribution in [3.63, 3.8) is 0 Å². The van der Waals surface area contributed by atoms with Crippen LogP contribution in [0.25, 0.3) is 0 Å². The Morgan fingerprint density at radius 1 is 1.29 bits per heavy atom. The molecule has 1 aromatic carbocycles. The summed E-state index contributed by atoms with van der Waals surface area (Å²) in [6, 6.07) is 10.7. The molecule has 1 aliphatic carbocycles. The van der Waals surface area contributed by atoms with Crippen molar-refractivity contribution in [1.29, 1.82) is 5.26 Å². The predicted octanol–water partition coefficient (Wildman–Crippen LogP) is 3.23. The van der Waals surface area contributed by atoms with Crippen LogP contribution in [0.5, 0.6) is 0 Å². The molecule has 2 rings (SSSR count). The lowest BCUT2D eigenvalue weighted by Crippen LogP contribution is -2.33. The first-order valence-corrected chi connectivity index (χ1v) is 6.50. The maximum Gasteiger partial charge on any atom is 0.0991 e. The summed E-state index contributed by atoms with van der Waals surface area (Å²) in [7, 11) is 0. The number of rotatable bonds is 3. The number of benzene rings is 1. The molecule has 2 unspecified atom stereocenters. The topological polar surface area (TPSA) is 35.8 Å². The Morgan fingerprint density at radius 3 is 2.71 bits per heavy atom. The van der Waals surface area contributed by atoms with E-state index in [2.05, 4.69) is 18.3 Å². The van der Waals surface area contributed by atoms with Crippen molar-refractivity contribution in [2.45, 2.75) is 45.2 Å². The Kier molecular flexibility index (Phi) is 4.17. The molecule has 2 nitrogen and oxygen atoms in total. The Morgan fingerprint density at radius 2 is 2.06 bits per heavy atom. The SMILES string of the molecule is CC1CCCC(NCc2ccc(C#N)cc2)C1. The van der Waals surface area contributed by atoms with Gasteiger partial charge in [-0.1, -0.05) is 31.9 Å². The van der Waals surface area contributed by atoms with Gasteiger partial charge in [0.1, 0.15) is 0 Å². The number of hydrogen-bond acceptors (Lipinski definition) is 2. The molecule has 0 heterocycles. The second kappa shape index (κ2) is 5.84. The average Bonchev–Trinajstić information content (AvgIpc) is 2.37. The first kappa shape index (κ1) is 12.1. The standard InChI is InChI=1S/C15H20N2/c1-12-3-2-4-15(9-12)17-11-14-7-5-13(10-16)6-8-14/h5-8,12,15,17H,2-4,9,11H2,1H3. The number of nitrogens with one attached hydrogen (secondary N) is 1. The summed E-state index contributed by atoms with van der Waals surface area (Å²) < 4.78 is 0. The zero-order valence-corrected chi connectivity index (χ0v) is 10.4. The molecular formula is C15H20N2. The van der Waals surface area contributed by atoms with E-state index in [1.54, 1.807) is 0 Å². The molecule has 0 radical (unpaired) electrons. The molecular weight excluding hydrogens is 208 g/mol. The van der Waals surface area contributed by atoms with Gasteiger partial charge in [0.25, 0.3) is 0 Å². The third-order valence-corrected chi connectivity index (χ3v) is 3.61. The van der Waals surface area contributed by atoms with E-state index in [1.165, 1.54) is 31.2 Å². The second-order valence-electron chi connectivity index (χ2n) is 5.16. The van der Waals surface area contributed by atoms with Crippen LogP contribution in [0.1, 0.15) is 43.7 Å². The Balaban J connectivity index is 1.83. The van der Waals surface area contributed by atoms with E-state index in [-0.39, 0.29) is 0 Å². The van der Waals surface area contributed by atoms with Gasteiger partial charge in [-0.3, -0.25) is 0 Å². The maximum atomic E-state index is 8.73. The summed E-state index contributed by atoms with van der Waals surface area (Å²) in [5, 5.41) is 12.3. The van der Waals surface area contributed by atoms with E-state index < -0.39 is 0 Å². The highest BCUT2D eigenvalue weighted by Gasteiger charge is 2.17. The highest BCUT2D eigenvalue weighted by atomic mass is 14.9. The minimum Gasteiger partial charge on any atom is -0.310 e. The Bertz CT molecular complexity index is 388. The molecule has 0 bridgehead atoms. The van der Waals surface area contributed by atoms with Gasteiger partial charge in [0.15, 0.2) is 0 Å². The van der Waals surface area contributed by atoms with Gasteiger partial charge in [-0.05, 0) is 36.5 Å². The van der Waals surface area contributed by atoms with Crippen molar-refractivity contribution in [2.75, 3.05) is 0 Å². The summed E-state index contributed by atoms with van der Waals surface area (Å²) in [5.41, 5.74) is 2.00. The van der Waals surface area contributed by atoms with Gasteiger partial charge < -0.3 is 5.32 Å². The summed E-state index contributed by atoms with van der Waals surface area (Å²) in [5.74, 6) is 0.863. The first-order chi connectivity index (χ1) is 8.28. The van der Waals surface area contributed by atoms with E-state index in [1.807, 2.05) is 24.3 Å². The molecule has 17 heavy (non-hydrogen) atoms. The molecule has 0 aromatic heterocycles. The fourth-order valence-electron chi connectivity index (χ4n) is 2.58. The summed E-state index contributed by atoms with van der Waals surface area (Å²) in [6.45, 7) is 3.26. The van der Waals surface area contributed by atoms with Crippen molar-refractivity contribution in [1.82, 2.24) is 5.32 Å². The van der Waals surface area contributed by atoms with Gasteiger partial charge in [0.2, 0.25) is 0 Å². The Hall–Kier alpha value is -1.33. The normalized spacial score (nSPS) is 24.2. The minimum atomic E-state index is 0.675. The van der Waals surface area contributed by atoms with Crippen molar-refractivity contribution in [3.8, 4) is 6.07 Å². The van der Waals surface area contributed by atoms with Gasteiger partial charge in [-0.2, -0.15) is 5.26 Å². The zero-order valence-electron chi connectivity index (χ0n) is 10.4. The quantitative estimate of drug-likeness (QED) is 0.862. The first-order valence-electron chi connectivity index (χ1n) is 6.50. The molecule has 90 valence electrons. The van der Waals surface area contributed by atoms with Gasteiger partial charge in [0, 0.05) is 12.6 Å². The smallest absolute Gasteiger partial charge is 0.0991 e. The summed E-state index contributed by atoms with van der Waals surface area (Å²) in [4.78, 5) is 0. The zero-order chi connectivity index (χ0) is 12.1. The van der Waals surface area contributed by atoms with Crippen LogP contribution in [0.4, 0.5) is 0 Å². The average molecular weight is 228 g/mol. The van der Waals surface area contributed by atoms with Gasteiger partial charge in [-0.25, -0.2) is 0 Å². The van der Waals surface area contributed by atoms with Crippen molar-refractivity contribution >= 4 is 0 Å². The molecule has 2 heteroatoms. The maximum absolute atomic E-state index is 8.73. The lowest BCUT2D eigenvalue weighted by atomic mass is 9.87. The van der Waals surface area contributed by atoms with Gasteiger partial charge >= 0.3 is 0 Å². The van der Waals surface area contributed by atoms with E-state index in [0.717, 1.165) is 18.0 Å². The third kappa shape index (κ3) is 3.57. The lowest BCUT2D eigenvalue weighted by molar-refractivity contribution is 0.300. The van der Waals surface area contributed by atoms with Crippen LogP contribution >= 0.6 is 0 Å². The molecule has 0 amide bonds. The third-order valence-electron chi connectivity index (χ3n) is 3.61. The van der Waals surface area contributed by atoms with Crippen LogP contribution < -0.4 is 5.32 Å². The monoisotopic (exact) mass is 228 g/mol. The van der Waals surface area contributed by atoms with Gasteiger partial charge in [0.05, 0.1) is 11.6 Å². The van der Waals surface area contributed by atoms with Crippen LogP contribution in [0.3, 0.4) is 0 Å².